The van der Waals surface area contributed by atoms with Crippen molar-refractivity contribution in [3.63, 3.8) is 0 Å². The van der Waals surface area contributed by atoms with E-state index < -0.39 is 15.9 Å². The minimum Gasteiger partial charge on any atom is -0.481 e. The van der Waals surface area contributed by atoms with Crippen molar-refractivity contribution in [3.05, 3.63) is 42.0 Å². The summed E-state index contributed by atoms with van der Waals surface area (Å²) in [5, 5.41) is 3.45. The van der Waals surface area contributed by atoms with Crippen molar-refractivity contribution in [3.8, 4) is 5.88 Å². The Morgan fingerprint density at radius 2 is 1.74 bits per heavy atom. The number of hydrogen-bond donors (Lipinski definition) is 1. The summed E-state index contributed by atoms with van der Waals surface area (Å²) in [6, 6.07) is 10.2. The van der Waals surface area contributed by atoms with Crippen LogP contribution in [-0.2, 0) is 19.6 Å². The minimum absolute atomic E-state index is 0.0511. The molecule has 2 aromatic heterocycles. The molecular weight excluding hydrogens is 538 g/mol. The van der Waals surface area contributed by atoms with E-state index in [0.29, 0.717) is 46.8 Å². The van der Waals surface area contributed by atoms with Gasteiger partial charge in [0.25, 0.3) is 0 Å². The van der Waals surface area contributed by atoms with Gasteiger partial charge in [0.2, 0.25) is 27.7 Å². The molecule has 39 heavy (non-hydrogen) atoms. The lowest BCUT2D eigenvalue weighted by molar-refractivity contribution is -0.130. The highest BCUT2D eigenvalue weighted by Gasteiger charge is 2.31. The fourth-order valence-corrected chi connectivity index (χ4v) is 7.65. The summed E-state index contributed by atoms with van der Waals surface area (Å²) in [6.45, 7) is 2.78. The molecule has 1 aliphatic heterocycles. The maximum atomic E-state index is 13.6. The lowest BCUT2D eigenvalue weighted by Crippen LogP contribution is -2.49. The SMILES string of the molecule is COc1ccc2nc(NC(=O)C(CC3CCCC3)c3ccc(S(=O)(=O)N4CCN(C(C)=O)CC4)cc3)sc2n1. The Morgan fingerprint density at radius 1 is 1.05 bits per heavy atom. The number of nitrogens with zero attached hydrogens (tertiary/aromatic N) is 4. The number of aromatic nitrogens is 2. The molecule has 2 aliphatic rings. The van der Waals surface area contributed by atoms with E-state index in [1.807, 2.05) is 6.07 Å². The zero-order chi connectivity index (χ0) is 27.6. The van der Waals surface area contributed by atoms with Gasteiger partial charge in [0.05, 0.1) is 17.9 Å². The number of methoxy groups -OCH3 is 1. The average molecular weight is 572 g/mol. The van der Waals surface area contributed by atoms with Crippen molar-refractivity contribution in [2.24, 2.45) is 5.92 Å². The molecule has 3 heterocycles. The number of thiazole rings is 1. The summed E-state index contributed by atoms with van der Waals surface area (Å²) in [6.07, 6.45) is 5.21. The van der Waals surface area contributed by atoms with Gasteiger partial charge in [0.1, 0.15) is 10.3 Å². The van der Waals surface area contributed by atoms with Crippen LogP contribution in [0.3, 0.4) is 0 Å². The highest BCUT2D eigenvalue weighted by Crippen LogP contribution is 2.36. The molecule has 0 radical (unpaired) electrons. The minimum atomic E-state index is -3.70. The molecule has 0 spiro atoms. The lowest BCUT2D eigenvalue weighted by Gasteiger charge is -2.33. The molecule has 12 heteroatoms. The van der Waals surface area contributed by atoms with Crippen molar-refractivity contribution in [2.45, 2.75) is 49.8 Å². The van der Waals surface area contributed by atoms with E-state index in [1.165, 1.54) is 35.4 Å². The van der Waals surface area contributed by atoms with Gasteiger partial charge >= 0.3 is 0 Å². The number of pyridine rings is 1. The summed E-state index contributed by atoms with van der Waals surface area (Å²) >= 11 is 1.29. The van der Waals surface area contributed by atoms with E-state index in [1.54, 1.807) is 42.3 Å². The third-order valence-electron chi connectivity index (χ3n) is 7.63. The number of anilines is 1. The normalized spacial score (nSPS) is 17.8. The number of rotatable bonds is 8. The molecule has 3 aromatic rings. The highest BCUT2D eigenvalue weighted by atomic mass is 32.2. The van der Waals surface area contributed by atoms with Gasteiger partial charge in [-0.25, -0.2) is 18.4 Å². The van der Waals surface area contributed by atoms with Crippen molar-refractivity contribution in [1.82, 2.24) is 19.2 Å². The molecule has 0 bridgehead atoms. The standard InChI is InChI=1S/C27H33N5O5S2/c1-18(33)31-13-15-32(16-14-31)39(35,36)21-9-7-20(8-10-21)22(17-19-5-3-4-6-19)25(34)30-27-28-23-11-12-24(37-2)29-26(23)38-27/h7-12,19,22H,3-6,13-17H2,1-2H3,(H,28,30,34). The van der Waals surface area contributed by atoms with E-state index in [4.69, 9.17) is 4.74 Å². The third-order valence-corrected chi connectivity index (χ3v) is 10.4. The number of benzene rings is 1. The maximum Gasteiger partial charge on any atom is 0.243 e. The predicted octanol–water partition coefficient (Wildman–Crippen LogP) is 3.86. The fraction of sp³-hybridized carbons (Fsp3) is 0.481. The van der Waals surface area contributed by atoms with E-state index in [0.717, 1.165) is 18.4 Å². The van der Waals surface area contributed by atoms with Crippen LogP contribution >= 0.6 is 11.3 Å². The monoisotopic (exact) mass is 571 g/mol. The number of hydrogen-bond acceptors (Lipinski definition) is 8. The number of sulfonamides is 1. The molecule has 2 fully saturated rings. The molecule has 2 amide bonds. The number of fused-ring (bicyclic) bond motifs is 1. The van der Waals surface area contributed by atoms with E-state index in [9.17, 15) is 18.0 Å². The molecule has 1 saturated heterocycles. The molecular formula is C27H33N5O5S2. The van der Waals surface area contributed by atoms with Gasteiger partial charge in [0.15, 0.2) is 5.13 Å². The second kappa shape index (κ2) is 11.6. The average Bonchev–Trinajstić information content (AvgIpc) is 3.60. The van der Waals surface area contributed by atoms with Gasteiger partial charge in [-0.1, -0.05) is 49.2 Å². The molecule has 5 rings (SSSR count). The van der Waals surface area contributed by atoms with Crippen LogP contribution in [0.4, 0.5) is 5.13 Å². The van der Waals surface area contributed by atoms with Crippen molar-refractivity contribution in [2.75, 3.05) is 38.6 Å². The summed E-state index contributed by atoms with van der Waals surface area (Å²) in [7, 11) is -2.14. The van der Waals surface area contributed by atoms with E-state index >= 15 is 0 Å². The first-order valence-corrected chi connectivity index (χ1v) is 15.5. The maximum absolute atomic E-state index is 13.6. The van der Waals surface area contributed by atoms with Crippen LogP contribution < -0.4 is 10.1 Å². The Bertz CT molecular complexity index is 1440. The summed E-state index contributed by atoms with van der Waals surface area (Å²) in [5.74, 6) is 0.286. The van der Waals surface area contributed by atoms with Crippen LogP contribution in [0.5, 0.6) is 5.88 Å². The number of carbonyl (C=O) groups is 2. The highest BCUT2D eigenvalue weighted by molar-refractivity contribution is 7.89. The zero-order valence-electron chi connectivity index (χ0n) is 22.1. The third kappa shape index (κ3) is 6.07. The number of amides is 2. The Hall–Kier alpha value is -3.09. The van der Waals surface area contributed by atoms with Crippen LogP contribution in [0.25, 0.3) is 10.3 Å². The zero-order valence-corrected chi connectivity index (χ0v) is 23.8. The van der Waals surface area contributed by atoms with Crippen LogP contribution in [0.1, 0.15) is 50.5 Å². The van der Waals surface area contributed by atoms with Crippen LogP contribution in [0.2, 0.25) is 0 Å². The van der Waals surface area contributed by atoms with Crippen LogP contribution in [-0.4, -0.2) is 72.7 Å². The van der Waals surface area contributed by atoms with Crippen molar-refractivity contribution >= 4 is 48.7 Å². The molecule has 1 aromatic carbocycles. The van der Waals surface area contributed by atoms with Gasteiger partial charge in [-0.2, -0.15) is 4.31 Å². The van der Waals surface area contributed by atoms with Crippen molar-refractivity contribution in [1.29, 1.82) is 0 Å². The Labute approximate surface area is 232 Å². The Morgan fingerprint density at radius 3 is 2.38 bits per heavy atom. The second-order valence-corrected chi connectivity index (χ2v) is 13.0. The number of carbonyl (C=O) groups excluding carboxylic acids is 2. The topological polar surface area (TPSA) is 122 Å². The number of piperazine rings is 1. The van der Waals surface area contributed by atoms with E-state index in [2.05, 4.69) is 15.3 Å². The van der Waals surface area contributed by atoms with E-state index in [-0.39, 0.29) is 29.8 Å². The first-order valence-electron chi connectivity index (χ1n) is 13.2. The Kier molecular flexibility index (Phi) is 8.15. The van der Waals surface area contributed by atoms with Crippen LogP contribution in [0.15, 0.2) is 41.3 Å². The molecule has 1 saturated carbocycles. The molecule has 1 atom stereocenters. The van der Waals surface area contributed by atoms with Gasteiger partial charge in [-0.3, -0.25) is 9.59 Å². The van der Waals surface area contributed by atoms with Gasteiger partial charge in [-0.05, 0) is 36.1 Å². The van der Waals surface area contributed by atoms with Gasteiger partial charge in [-0.15, -0.1) is 0 Å². The first kappa shape index (κ1) is 27.5. The van der Waals surface area contributed by atoms with Gasteiger partial charge in [0, 0.05) is 39.2 Å². The smallest absolute Gasteiger partial charge is 0.243 e. The Balaban J connectivity index is 1.34. The number of nitrogens with one attached hydrogen (secondary N) is 1. The lowest BCUT2D eigenvalue weighted by atomic mass is 9.87. The molecule has 1 N–H and O–H groups in total. The fourth-order valence-electron chi connectivity index (χ4n) is 5.40. The van der Waals surface area contributed by atoms with Crippen LogP contribution in [0, 0.1) is 5.92 Å². The molecule has 208 valence electrons. The first-order chi connectivity index (χ1) is 18.7. The second-order valence-electron chi connectivity index (χ2n) is 10.1. The van der Waals surface area contributed by atoms with Crippen molar-refractivity contribution < 1.29 is 22.7 Å². The summed E-state index contributed by atoms with van der Waals surface area (Å²) in [4.78, 5) is 36.6. The molecule has 1 aliphatic carbocycles. The molecule has 1 unspecified atom stereocenters. The van der Waals surface area contributed by atoms with Gasteiger partial charge < -0.3 is 15.0 Å². The quantitative estimate of drug-likeness (QED) is 0.436. The summed E-state index contributed by atoms with van der Waals surface area (Å²) < 4.78 is 33.1. The predicted molar refractivity (Wildman–Crippen MR) is 149 cm³/mol. The molecule has 10 nitrogen and oxygen atoms in total. The summed E-state index contributed by atoms with van der Waals surface area (Å²) in [5.41, 5.74) is 1.46. The number of ether oxygens (including phenoxy) is 1. The largest absolute Gasteiger partial charge is 0.481 e.